The van der Waals surface area contributed by atoms with Crippen LogP contribution in [-0.2, 0) is 6.54 Å². The molecule has 2 heterocycles. The highest BCUT2D eigenvalue weighted by molar-refractivity contribution is 5.55. The van der Waals surface area contributed by atoms with Gasteiger partial charge in [-0.25, -0.2) is 9.37 Å². The van der Waals surface area contributed by atoms with Crippen molar-refractivity contribution in [3.63, 3.8) is 0 Å². The Morgan fingerprint density at radius 1 is 0.920 bits per heavy atom. The van der Waals surface area contributed by atoms with Crippen LogP contribution in [0.25, 0.3) is 22.8 Å². The van der Waals surface area contributed by atoms with E-state index in [4.69, 9.17) is 4.52 Å². The SMILES string of the molecule is Fc1ccc(-c2noc(NCc3nc(-c4ccccc4)n[nH]3)n2)cc1. The second kappa shape index (κ2) is 6.52. The van der Waals surface area contributed by atoms with Crippen molar-refractivity contribution in [2.75, 3.05) is 5.32 Å². The van der Waals surface area contributed by atoms with E-state index in [9.17, 15) is 4.39 Å². The largest absolute Gasteiger partial charge is 0.330 e. The molecule has 0 aliphatic rings. The highest BCUT2D eigenvalue weighted by Gasteiger charge is 2.10. The maximum absolute atomic E-state index is 12.9. The molecule has 0 bridgehead atoms. The van der Waals surface area contributed by atoms with Gasteiger partial charge in [-0.1, -0.05) is 35.5 Å². The third kappa shape index (κ3) is 3.37. The van der Waals surface area contributed by atoms with E-state index in [-0.39, 0.29) is 11.8 Å². The van der Waals surface area contributed by atoms with E-state index in [2.05, 4.69) is 30.6 Å². The number of aromatic nitrogens is 5. The summed E-state index contributed by atoms with van der Waals surface area (Å²) in [5.74, 6) is 1.32. The topological polar surface area (TPSA) is 92.5 Å². The highest BCUT2D eigenvalue weighted by Crippen LogP contribution is 2.18. The van der Waals surface area contributed by atoms with E-state index in [1.54, 1.807) is 12.1 Å². The van der Waals surface area contributed by atoms with Crippen molar-refractivity contribution in [1.82, 2.24) is 25.3 Å². The zero-order valence-electron chi connectivity index (χ0n) is 13.0. The minimum atomic E-state index is -0.315. The smallest absolute Gasteiger partial charge is 0.322 e. The average Bonchev–Trinajstić information content (AvgIpc) is 3.31. The lowest BCUT2D eigenvalue weighted by atomic mass is 10.2. The summed E-state index contributed by atoms with van der Waals surface area (Å²) in [4.78, 5) is 8.63. The molecule has 4 aromatic rings. The van der Waals surface area contributed by atoms with Gasteiger partial charge in [-0.05, 0) is 24.3 Å². The van der Waals surface area contributed by atoms with E-state index >= 15 is 0 Å². The number of nitrogens with zero attached hydrogens (tertiary/aromatic N) is 4. The van der Waals surface area contributed by atoms with Gasteiger partial charge in [0, 0.05) is 11.1 Å². The van der Waals surface area contributed by atoms with Crippen molar-refractivity contribution in [2.24, 2.45) is 0 Å². The second-order valence-electron chi connectivity index (χ2n) is 5.26. The molecule has 2 aromatic heterocycles. The molecule has 0 spiro atoms. The lowest BCUT2D eigenvalue weighted by molar-refractivity contribution is 0.431. The summed E-state index contributed by atoms with van der Waals surface area (Å²) in [5.41, 5.74) is 1.60. The number of benzene rings is 2. The van der Waals surface area contributed by atoms with Crippen LogP contribution in [0.3, 0.4) is 0 Å². The van der Waals surface area contributed by atoms with Crippen LogP contribution in [0.15, 0.2) is 59.1 Å². The molecule has 0 aliphatic heterocycles. The molecule has 2 N–H and O–H groups in total. The summed E-state index contributed by atoms with van der Waals surface area (Å²) in [7, 11) is 0. The molecule has 4 rings (SSSR count). The molecule has 0 saturated heterocycles. The minimum absolute atomic E-state index is 0.247. The third-order valence-corrected chi connectivity index (χ3v) is 3.50. The van der Waals surface area contributed by atoms with E-state index < -0.39 is 0 Å². The summed E-state index contributed by atoms with van der Waals surface area (Å²) in [6.07, 6.45) is 0. The minimum Gasteiger partial charge on any atom is -0.330 e. The van der Waals surface area contributed by atoms with Gasteiger partial charge in [-0.2, -0.15) is 10.1 Å². The molecule has 8 heteroatoms. The molecule has 0 saturated carbocycles. The normalized spacial score (nSPS) is 10.8. The molecule has 124 valence electrons. The maximum atomic E-state index is 12.9. The predicted octanol–water partition coefficient (Wildman–Crippen LogP) is 3.27. The number of aromatic amines is 1. The summed E-state index contributed by atoms with van der Waals surface area (Å²) < 4.78 is 18.1. The first-order valence-electron chi connectivity index (χ1n) is 7.58. The molecule has 2 aromatic carbocycles. The Morgan fingerprint density at radius 3 is 2.48 bits per heavy atom. The van der Waals surface area contributed by atoms with Gasteiger partial charge in [0.25, 0.3) is 0 Å². The van der Waals surface area contributed by atoms with E-state index in [1.165, 1.54) is 12.1 Å². The maximum Gasteiger partial charge on any atom is 0.322 e. The Bertz CT molecular complexity index is 964. The van der Waals surface area contributed by atoms with Crippen LogP contribution >= 0.6 is 0 Å². The van der Waals surface area contributed by atoms with Gasteiger partial charge >= 0.3 is 6.01 Å². The first kappa shape index (κ1) is 15.0. The van der Waals surface area contributed by atoms with Gasteiger partial charge < -0.3 is 9.84 Å². The van der Waals surface area contributed by atoms with E-state index in [0.29, 0.717) is 29.6 Å². The van der Waals surface area contributed by atoms with E-state index in [0.717, 1.165) is 5.56 Å². The molecule has 0 atom stereocenters. The highest BCUT2D eigenvalue weighted by atomic mass is 19.1. The monoisotopic (exact) mass is 336 g/mol. The molecule has 0 amide bonds. The number of H-pyrrole nitrogens is 1. The van der Waals surface area contributed by atoms with Crippen LogP contribution in [0.2, 0.25) is 0 Å². The summed E-state index contributed by atoms with van der Waals surface area (Å²) >= 11 is 0. The molecular formula is C17H13FN6O. The van der Waals surface area contributed by atoms with Crippen LogP contribution in [0, 0.1) is 5.82 Å². The van der Waals surface area contributed by atoms with Crippen LogP contribution in [0.5, 0.6) is 0 Å². The third-order valence-electron chi connectivity index (χ3n) is 3.50. The van der Waals surface area contributed by atoms with E-state index in [1.807, 2.05) is 30.3 Å². The fourth-order valence-corrected chi connectivity index (χ4v) is 2.26. The lowest BCUT2D eigenvalue weighted by Crippen LogP contribution is -2.01. The zero-order chi connectivity index (χ0) is 17.1. The first-order valence-corrected chi connectivity index (χ1v) is 7.58. The zero-order valence-corrected chi connectivity index (χ0v) is 13.0. The number of hydrogen-bond acceptors (Lipinski definition) is 6. The molecular weight excluding hydrogens is 323 g/mol. The standard InChI is InChI=1S/C17H13FN6O/c18-13-8-6-12(7-9-13)16-21-17(25-24-16)19-10-14-20-15(23-22-14)11-4-2-1-3-5-11/h1-9H,10H2,(H,19,21,24)(H,20,22,23). The summed E-state index contributed by atoms with van der Waals surface area (Å²) in [6, 6.07) is 15.8. The van der Waals surface area contributed by atoms with Gasteiger partial charge in [0.1, 0.15) is 11.6 Å². The van der Waals surface area contributed by atoms with Gasteiger partial charge in [-0.15, -0.1) is 0 Å². The second-order valence-corrected chi connectivity index (χ2v) is 5.26. The Hall–Kier alpha value is -3.55. The lowest BCUT2D eigenvalue weighted by Gasteiger charge is -1.96. The van der Waals surface area contributed by atoms with Crippen molar-refractivity contribution >= 4 is 6.01 Å². The van der Waals surface area contributed by atoms with Crippen molar-refractivity contribution < 1.29 is 8.91 Å². The van der Waals surface area contributed by atoms with Gasteiger partial charge in [0.2, 0.25) is 5.82 Å². The molecule has 7 nitrogen and oxygen atoms in total. The number of hydrogen-bond donors (Lipinski definition) is 2. The van der Waals surface area contributed by atoms with Crippen molar-refractivity contribution in [3.8, 4) is 22.8 Å². The Balaban J connectivity index is 1.42. The first-order chi connectivity index (χ1) is 12.3. The molecule has 0 fully saturated rings. The van der Waals surface area contributed by atoms with Crippen molar-refractivity contribution in [3.05, 3.63) is 66.2 Å². The summed E-state index contributed by atoms with van der Waals surface area (Å²) in [5, 5.41) is 13.9. The van der Waals surface area contributed by atoms with Crippen LogP contribution in [0.4, 0.5) is 10.4 Å². The van der Waals surface area contributed by atoms with Crippen molar-refractivity contribution in [1.29, 1.82) is 0 Å². The predicted molar refractivity (Wildman–Crippen MR) is 88.8 cm³/mol. The van der Waals surface area contributed by atoms with Crippen LogP contribution in [-0.4, -0.2) is 25.3 Å². The Labute approximate surface area is 141 Å². The average molecular weight is 336 g/mol. The number of halogens is 1. The van der Waals surface area contributed by atoms with Gasteiger partial charge in [-0.3, -0.25) is 5.10 Å². The van der Waals surface area contributed by atoms with Crippen LogP contribution in [0.1, 0.15) is 5.82 Å². The van der Waals surface area contributed by atoms with Crippen molar-refractivity contribution in [2.45, 2.75) is 6.54 Å². The molecule has 25 heavy (non-hydrogen) atoms. The molecule has 0 aliphatic carbocycles. The van der Waals surface area contributed by atoms with Gasteiger partial charge in [0.15, 0.2) is 5.82 Å². The fraction of sp³-hybridized carbons (Fsp3) is 0.0588. The molecule has 0 unspecified atom stereocenters. The Morgan fingerprint density at radius 2 is 1.68 bits per heavy atom. The van der Waals surface area contributed by atoms with Crippen LogP contribution < -0.4 is 5.32 Å². The fourth-order valence-electron chi connectivity index (χ4n) is 2.26. The number of anilines is 1. The summed E-state index contributed by atoms with van der Waals surface area (Å²) in [6.45, 7) is 0.352. The Kier molecular flexibility index (Phi) is 3.91. The van der Waals surface area contributed by atoms with Gasteiger partial charge in [0.05, 0.1) is 6.54 Å². The number of nitrogens with one attached hydrogen (secondary N) is 2. The molecule has 0 radical (unpaired) electrons. The number of rotatable bonds is 5. The quantitative estimate of drug-likeness (QED) is 0.581.